The molecule has 1 saturated heterocycles. The lowest BCUT2D eigenvalue weighted by molar-refractivity contribution is -0.120. The molecule has 0 spiro atoms. The summed E-state index contributed by atoms with van der Waals surface area (Å²) in [7, 11) is -4.79. The monoisotopic (exact) mass is 641 g/mol. The first kappa shape index (κ1) is 30.9. The topological polar surface area (TPSA) is 131 Å². The van der Waals surface area contributed by atoms with Gasteiger partial charge in [-0.05, 0) is 66.9 Å². The fourth-order valence-electron chi connectivity index (χ4n) is 4.40. The average Bonchev–Trinajstić information content (AvgIpc) is 2.95. The van der Waals surface area contributed by atoms with Crippen molar-refractivity contribution in [2.45, 2.75) is 23.5 Å². The number of halogens is 2. The summed E-state index contributed by atoms with van der Waals surface area (Å²) in [5.74, 6) is -0.417. The molecule has 1 atom stereocenters. The number of piperidine rings is 1. The van der Waals surface area contributed by atoms with Gasteiger partial charge in [-0.1, -0.05) is 29.3 Å². The predicted molar refractivity (Wildman–Crippen MR) is 159 cm³/mol. The van der Waals surface area contributed by atoms with Crippen molar-refractivity contribution in [3.63, 3.8) is 0 Å². The van der Waals surface area contributed by atoms with Crippen LogP contribution in [0.2, 0.25) is 10.0 Å². The molecule has 0 aromatic heterocycles. The second kappa shape index (κ2) is 12.9. The fraction of sp³-hybridized carbons (Fsp3) is 0.296. The minimum atomic E-state index is -3.98. The summed E-state index contributed by atoms with van der Waals surface area (Å²) in [5.41, 5.74) is 1.09. The van der Waals surface area contributed by atoms with Gasteiger partial charge in [-0.2, -0.15) is 0 Å². The molecule has 1 aliphatic heterocycles. The van der Waals surface area contributed by atoms with E-state index in [-0.39, 0.29) is 33.8 Å². The molecule has 10 nitrogen and oxygen atoms in total. The van der Waals surface area contributed by atoms with Crippen LogP contribution in [0.5, 0.6) is 11.5 Å². The van der Waals surface area contributed by atoms with Crippen LogP contribution in [-0.4, -0.2) is 54.4 Å². The highest BCUT2D eigenvalue weighted by molar-refractivity contribution is 7.92. The van der Waals surface area contributed by atoms with Gasteiger partial charge < -0.3 is 14.8 Å². The van der Waals surface area contributed by atoms with Gasteiger partial charge in [-0.25, -0.2) is 21.1 Å². The number of anilines is 2. The van der Waals surface area contributed by atoms with E-state index in [0.29, 0.717) is 47.2 Å². The number of sulfonamides is 2. The fourth-order valence-corrected chi connectivity index (χ4v) is 7.38. The van der Waals surface area contributed by atoms with Crippen molar-refractivity contribution in [2.75, 3.05) is 37.3 Å². The number of rotatable bonds is 10. The highest BCUT2D eigenvalue weighted by atomic mass is 35.5. The molecule has 1 aliphatic rings. The Morgan fingerprint density at radius 2 is 1.68 bits per heavy atom. The summed E-state index contributed by atoms with van der Waals surface area (Å²) in [5, 5.41) is 3.37. The largest absolute Gasteiger partial charge is 0.497 e. The van der Waals surface area contributed by atoms with E-state index < -0.39 is 26.0 Å². The van der Waals surface area contributed by atoms with Crippen LogP contribution in [0.15, 0.2) is 65.6 Å². The molecule has 0 bridgehead atoms. The molecule has 3 aromatic rings. The second-order valence-corrected chi connectivity index (χ2v) is 13.9. The Balaban J connectivity index is 1.40. The third-order valence-electron chi connectivity index (χ3n) is 6.56. The molecule has 220 valence electrons. The van der Waals surface area contributed by atoms with Crippen molar-refractivity contribution >= 4 is 60.5 Å². The quantitative estimate of drug-likeness (QED) is 0.319. The normalized spacial score (nSPS) is 16.1. The summed E-state index contributed by atoms with van der Waals surface area (Å²) < 4.78 is 66.3. The lowest BCUT2D eigenvalue weighted by atomic mass is 9.99. The number of nitrogens with zero attached hydrogens (tertiary/aromatic N) is 1. The molecular formula is C27H29Cl2N3O7S2. The number of amides is 1. The van der Waals surface area contributed by atoms with Gasteiger partial charge in [0.25, 0.3) is 10.0 Å². The van der Waals surface area contributed by atoms with E-state index in [1.54, 1.807) is 24.3 Å². The van der Waals surface area contributed by atoms with Crippen molar-refractivity contribution in [3.05, 3.63) is 76.3 Å². The zero-order chi connectivity index (χ0) is 29.8. The Hall–Kier alpha value is -3.03. The lowest BCUT2D eigenvalue weighted by Gasteiger charge is -2.31. The van der Waals surface area contributed by atoms with Crippen molar-refractivity contribution in [3.8, 4) is 11.5 Å². The Labute approximate surface area is 249 Å². The molecule has 0 radical (unpaired) electrons. The molecule has 0 saturated carbocycles. The lowest BCUT2D eigenvalue weighted by Crippen LogP contribution is -2.44. The van der Waals surface area contributed by atoms with Crippen molar-refractivity contribution < 1.29 is 31.1 Å². The third kappa shape index (κ3) is 7.63. The van der Waals surface area contributed by atoms with Gasteiger partial charge in [0.05, 0.1) is 46.5 Å². The van der Waals surface area contributed by atoms with Crippen LogP contribution in [0.1, 0.15) is 18.4 Å². The Morgan fingerprint density at radius 1 is 0.951 bits per heavy atom. The number of carbonyl (C=O) groups is 1. The molecule has 1 amide bonds. The smallest absolute Gasteiger partial charge is 0.262 e. The van der Waals surface area contributed by atoms with E-state index in [0.717, 1.165) is 0 Å². The third-order valence-corrected chi connectivity index (χ3v) is 10.5. The Kier molecular flexibility index (Phi) is 9.70. The summed E-state index contributed by atoms with van der Waals surface area (Å²) in [4.78, 5) is 13.0. The van der Waals surface area contributed by atoms with Crippen LogP contribution >= 0.6 is 23.2 Å². The molecular weight excluding hydrogens is 613 g/mol. The molecule has 1 heterocycles. The van der Waals surface area contributed by atoms with Crippen LogP contribution in [0, 0.1) is 5.92 Å². The Morgan fingerprint density at radius 3 is 2.34 bits per heavy atom. The van der Waals surface area contributed by atoms with Crippen LogP contribution < -0.4 is 19.5 Å². The first-order valence-corrected chi connectivity index (χ1v) is 16.3. The molecule has 41 heavy (non-hydrogen) atoms. The van der Waals surface area contributed by atoms with Crippen LogP contribution in [0.3, 0.4) is 0 Å². The van der Waals surface area contributed by atoms with Gasteiger partial charge in [0, 0.05) is 24.8 Å². The number of ether oxygens (including phenoxy) is 2. The first-order chi connectivity index (χ1) is 19.4. The zero-order valence-electron chi connectivity index (χ0n) is 22.3. The molecule has 2 N–H and O–H groups in total. The molecule has 0 aliphatic carbocycles. The minimum absolute atomic E-state index is 0.0300. The standard InChI is InChI=1S/C27H29Cl2N3O7S2/c1-38-21-8-12-26(39-2)25(15-21)31-41(36,37)22-9-6-20(7-10-22)30-27(33)19-4-3-13-32(16-19)40(34,35)17-18-5-11-23(28)24(29)14-18/h5-12,14-15,19,31H,3-4,13,16-17H2,1-2H3,(H,30,33)/t19-/m1/s1. The van der Waals surface area contributed by atoms with E-state index in [9.17, 15) is 21.6 Å². The van der Waals surface area contributed by atoms with E-state index in [1.807, 2.05) is 0 Å². The van der Waals surface area contributed by atoms with Crippen LogP contribution in [0.4, 0.5) is 11.4 Å². The van der Waals surface area contributed by atoms with E-state index >= 15 is 0 Å². The number of nitrogens with one attached hydrogen (secondary N) is 2. The molecule has 14 heteroatoms. The van der Waals surface area contributed by atoms with E-state index in [1.165, 1.54) is 54.9 Å². The van der Waals surface area contributed by atoms with Crippen molar-refractivity contribution in [2.24, 2.45) is 5.92 Å². The SMILES string of the molecule is COc1ccc(OC)c(NS(=O)(=O)c2ccc(NC(=O)[C@@H]3CCCN(S(=O)(=O)Cc4ccc(Cl)c(Cl)c4)C3)cc2)c1. The maximum absolute atomic E-state index is 13.1. The average molecular weight is 643 g/mol. The molecule has 1 fully saturated rings. The highest BCUT2D eigenvalue weighted by Gasteiger charge is 2.32. The van der Waals surface area contributed by atoms with Crippen LogP contribution in [0.25, 0.3) is 0 Å². The molecule has 4 rings (SSSR count). The minimum Gasteiger partial charge on any atom is -0.497 e. The zero-order valence-corrected chi connectivity index (χ0v) is 25.4. The number of hydrogen-bond donors (Lipinski definition) is 2. The van der Waals surface area contributed by atoms with Gasteiger partial charge in [0.2, 0.25) is 15.9 Å². The summed E-state index contributed by atoms with van der Waals surface area (Å²) in [6, 6.07) is 15.1. The highest BCUT2D eigenvalue weighted by Crippen LogP contribution is 2.31. The van der Waals surface area contributed by atoms with Gasteiger partial charge in [0.1, 0.15) is 11.5 Å². The molecule has 0 unspecified atom stereocenters. The van der Waals surface area contributed by atoms with Crippen molar-refractivity contribution in [1.82, 2.24) is 4.31 Å². The number of hydrogen-bond acceptors (Lipinski definition) is 7. The predicted octanol–water partition coefficient (Wildman–Crippen LogP) is 4.99. The summed E-state index contributed by atoms with van der Waals surface area (Å²) in [6.45, 7) is 0.347. The van der Waals surface area contributed by atoms with E-state index in [2.05, 4.69) is 10.0 Å². The first-order valence-electron chi connectivity index (χ1n) is 12.5. The van der Waals surface area contributed by atoms with Gasteiger partial charge in [-0.15, -0.1) is 0 Å². The summed E-state index contributed by atoms with van der Waals surface area (Å²) >= 11 is 12.0. The maximum Gasteiger partial charge on any atom is 0.262 e. The van der Waals surface area contributed by atoms with Gasteiger partial charge in [-0.3, -0.25) is 9.52 Å². The number of benzene rings is 3. The van der Waals surface area contributed by atoms with Crippen molar-refractivity contribution in [1.29, 1.82) is 0 Å². The Bertz CT molecular complexity index is 1630. The van der Waals surface area contributed by atoms with Gasteiger partial charge >= 0.3 is 0 Å². The number of carbonyl (C=O) groups excluding carboxylic acids is 1. The number of methoxy groups -OCH3 is 2. The van der Waals surface area contributed by atoms with Crippen LogP contribution in [-0.2, 0) is 30.6 Å². The second-order valence-electron chi connectivity index (χ2n) is 9.39. The maximum atomic E-state index is 13.1. The van der Waals surface area contributed by atoms with E-state index in [4.69, 9.17) is 32.7 Å². The van der Waals surface area contributed by atoms with Gasteiger partial charge in [0.15, 0.2) is 0 Å². The summed E-state index contributed by atoms with van der Waals surface area (Å²) in [6.07, 6.45) is 1.04. The molecule has 3 aromatic carbocycles.